The predicted octanol–water partition coefficient (Wildman–Crippen LogP) is 2.24. The summed E-state index contributed by atoms with van der Waals surface area (Å²) in [5.41, 5.74) is 0. The first-order valence-electron chi connectivity index (χ1n) is 11.8. The maximum Gasteiger partial charge on any atom is 0.191 e. The molecule has 2 aliphatic heterocycles. The first kappa shape index (κ1) is 23.1. The fourth-order valence-corrected chi connectivity index (χ4v) is 4.57. The van der Waals surface area contributed by atoms with Crippen LogP contribution in [0.15, 0.2) is 27.8 Å². The lowest BCUT2D eigenvalue weighted by Crippen LogP contribution is -2.52. The number of furan rings is 1. The van der Waals surface area contributed by atoms with Gasteiger partial charge in [0.15, 0.2) is 5.96 Å². The first-order valence-corrected chi connectivity index (χ1v) is 11.8. The van der Waals surface area contributed by atoms with Crippen molar-refractivity contribution < 1.29 is 4.42 Å². The van der Waals surface area contributed by atoms with Crippen molar-refractivity contribution in [2.45, 2.75) is 45.7 Å². The molecule has 2 N–H and O–H groups in total. The fourth-order valence-electron chi connectivity index (χ4n) is 4.57. The third kappa shape index (κ3) is 6.46. The van der Waals surface area contributed by atoms with Gasteiger partial charge in [-0.25, -0.2) is 0 Å². The van der Waals surface area contributed by atoms with Crippen molar-refractivity contribution in [1.29, 1.82) is 0 Å². The van der Waals surface area contributed by atoms with Crippen molar-refractivity contribution in [3.05, 3.63) is 24.2 Å². The SMILES string of the molecule is CCNC(=NCC(C(C)C)N1CCN(C)CC1)NCC(c1ccco1)N1CCCC1. The largest absolute Gasteiger partial charge is 0.468 e. The van der Waals surface area contributed by atoms with Crippen LogP contribution in [0, 0.1) is 5.92 Å². The molecule has 2 atom stereocenters. The number of nitrogens with one attached hydrogen (secondary N) is 2. The highest BCUT2D eigenvalue weighted by atomic mass is 16.3. The summed E-state index contributed by atoms with van der Waals surface area (Å²) >= 11 is 0. The maximum atomic E-state index is 5.77. The molecule has 30 heavy (non-hydrogen) atoms. The van der Waals surface area contributed by atoms with Crippen molar-refractivity contribution in [3.8, 4) is 0 Å². The summed E-state index contributed by atoms with van der Waals surface area (Å²) in [4.78, 5) is 12.6. The van der Waals surface area contributed by atoms with E-state index in [1.54, 1.807) is 6.26 Å². The number of hydrogen-bond donors (Lipinski definition) is 2. The molecule has 0 spiro atoms. The standard InChI is InChI=1S/C23H42N6O/c1-5-24-23(25-17-20(19(2)3)29-14-12-27(4)13-15-29)26-18-21(22-9-8-16-30-22)28-10-6-7-11-28/h8-9,16,19-21H,5-7,10-15,17-18H2,1-4H3,(H2,24,25,26). The zero-order valence-corrected chi connectivity index (χ0v) is 19.4. The molecule has 0 saturated carbocycles. The Morgan fingerprint density at radius 2 is 1.80 bits per heavy atom. The molecular weight excluding hydrogens is 376 g/mol. The van der Waals surface area contributed by atoms with Crippen LogP contribution in [0.2, 0.25) is 0 Å². The van der Waals surface area contributed by atoms with Crippen LogP contribution >= 0.6 is 0 Å². The summed E-state index contributed by atoms with van der Waals surface area (Å²) in [7, 11) is 2.21. The van der Waals surface area contributed by atoms with Crippen molar-refractivity contribution in [1.82, 2.24) is 25.3 Å². The van der Waals surface area contributed by atoms with E-state index in [4.69, 9.17) is 9.41 Å². The zero-order chi connectivity index (χ0) is 21.3. The van der Waals surface area contributed by atoms with E-state index < -0.39 is 0 Å². The van der Waals surface area contributed by atoms with Crippen LogP contribution in [0.4, 0.5) is 0 Å². The Morgan fingerprint density at radius 1 is 1.07 bits per heavy atom. The molecule has 7 heteroatoms. The number of hydrogen-bond acceptors (Lipinski definition) is 5. The average Bonchev–Trinajstić information content (AvgIpc) is 3.44. The minimum Gasteiger partial charge on any atom is -0.468 e. The van der Waals surface area contributed by atoms with E-state index in [-0.39, 0.29) is 6.04 Å². The van der Waals surface area contributed by atoms with E-state index in [1.807, 2.05) is 6.07 Å². The predicted molar refractivity (Wildman–Crippen MR) is 124 cm³/mol. The monoisotopic (exact) mass is 418 g/mol. The molecule has 2 saturated heterocycles. The van der Waals surface area contributed by atoms with Gasteiger partial charge < -0.3 is 20.0 Å². The van der Waals surface area contributed by atoms with Crippen molar-refractivity contribution >= 4 is 5.96 Å². The van der Waals surface area contributed by atoms with Gasteiger partial charge in [-0.1, -0.05) is 13.8 Å². The number of guanidine groups is 1. The van der Waals surface area contributed by atoms with Gasteiger partial charge in [0.1, 0.15) is 5.76 Å². The molecule has 1 aromatic rings. The molecule has 3 rings (SSSR count). The number of likely N-dealkylation sites (N-methyl/N-ethyl adjacent to an activating group) is 1. The second-order valence-corrected chi connectivity index (χ2v) is 9.03. The Kier molecular flexibility index (Phi) is 9.03. The fraction of sp³-hybridized carbons (Fsp3) is 0.783. The maximum absolute atomic E-state index is 5.77. The number of nitrogens with zero attached hydrogens (tertiary/aromatic N) is 4. The van der Waals surface area contributed by atoms with E-state index in [2.05, 4.69) is 59.2 Å². The van der Waals surface area contributed by atoms with Gasteiger partial charge >= 0.3 is 0 Å². The molecule has 0 aliphatic carbocycles. The Balaban J connectivity index is 1.62. The molecule has 170 valence electrons. The zero-order valence-electron chi connectivity index (χ0n) is 19.4. The third-order valence-corrected chi connectivity index (χ3v) is 6.47. The summed E-state index contributed by atoms with van der Waals surface area (Å²) in [6.45, 7) is 16.1. The highest BCUT2D eigenvalue weighted by molar-refractivity contribution is 5.79. The van der Waals surface area contributed by atoms with Crippen LogP contribution in [0.5, 0.6) is 0 Å². The molecule has 1 aromatic heterocycles. The number of aliphatic imine (C=N–C) groups is 1. The molecular formula is C23H42N6O. The smallest absolute Gasteiger partial charge is 0.191 e. The van der Waals surface area contributed by atoms with Crippen molar-refractivity contribution in [2.75, 3.05) is 66.0 Å². The molecule has 2 aliphatic rings. The van der Waals surface area contributed by atoms with E-state index in [0.29, 0.717) is 12.0 Å². The van der Waals surface area contributed by atoms with Crippen LogP contribution < -0.4 is 10.6 Å². The first-order chi connectivity index (χ1) is 14.6. The molecule has 0 aromatic carbocycles. The molecule has 0 amide bonds. The van der Waals surface area contributed by atoms with Crippen molar-refractivity contribution in [2.24, 2.45) is 10.9 Å². The Labute approximate surface area is 182 Å². The van der Waals surface area contributed by atoms with Crippen LogP contribution in [0.1, 0.15) is 45.4 Å². The summed E-state index contributed by atoms with van der Waals surface area (Å²) in [6.07, 6.45) is 4.32. The minimum absolute atomic E-state index is 0.255. The second kappa shape index (κ2) is 11.7. The Bertz CT molecular complexity index is 618. The van der Waals surface area contributed by atoms with Gasteiger partial charge in [-0.3, -0.25) is 14.8 Å². The number of rotatable bonds is 9. The summed E-state index contributed by atoms with van der Waals surface area (Å²) in [6, 6.07) is 4.82. The van der Waals surface area contributed by atoms with E-state index in [0.717, 1.165) is 70.6 Å². The van der Waals surface area contributed by atoms with Crippen LogP contribution in [0.25, 0.3) is 0 Å². The van der Waals surface area contributed by atoms with Gasteiger partial charge in [-0.2, -0.15) is 0 Å². The molecule has 7 nitrogen and oxygen atoms in total. The third-order valence-electron chi connectivity index (χ3n) is 6.47. The normalized spacial score (nSPS) is 21.8. The van der Waals surface area contributed by atoms with Crippen molar-refractivity contribution in [3.63, 3.8) is 0 Å². The van der Waals surface area contributed by atoms with Crippen LogP contribution in [-0.2, 0) is 0 Å². The van der Waals surface area contributed by atoms with E-state index >= 15 is 0 Å². The summed E-state index contributed by atoms with van der Waals surface area (Å²) in [5.74, 6) is 2.53. The van der Waals surface area contributed by atoms with E-state index in [1.165, 1.54) is 12.8 Å². The Hall–Kier alpha value is -1.57. The highest BCUT2D eigenvalue weighted by Crippen LogP contribution is 2.24. The lowest BCUT2D eigenvalue weighted by atomic mass is 10.0. The highest BCUT2D eigenvalue weighted by Gasteiger charge is 2.27. The minimum atomic E-state index is 0.255. The molecule has 0 radical (unpaired) electrons. The number of piperazine rings is 1. The van der Waals surface area contributed by atoms with Gasteiger partial charge in [0.25, 0.3) is 0 Å². The summed E-state index contributed by atoms with van der Waals surface area (Å²) < 4.78 is 5.77. The van der Waals surface area contributed by atoms with Gasteiger partial charge in [0.05, 0.1) is 18.8 Å². The molecule has 3 heterocycles. The van der Waals surface area contributed by atoms with Crippen LogP contribution in [0.3, 0.4) is 0 Å². The second-order valence-electron chi connectivity index (χ2n) is 9.03. The van der Waals surface area contributed by atoms with Crippen LogP contribution in [-0.4, -0.2) is 92.7 Å². The topological polar surface area (TPSA) is 59.3 Å². The van der Waals surface area contributed by atoms with Gasteiger partial charge in [-0.15, -0.1) is 0 Å². The van der Waals surface area contributed by atoms with E-state index in [9.17, 15) is 0 Å². The molecule has 2 fully saturated rings. The number of likely N-dealkylation sites (tertiary alicyclic amines) is 1. The quantitative estimate of drug-likeness (QED) is 0.474. The lowest BCUT2D eigenvalue weighted by molar-refractivity contribution is 0.0925. The van der Waals surface area contributed by atoms with Gasteiger partial charge in [-0.05, 0) is 58.0 Å². The van der Waals surface area contributed by atoms with Gasteiger partial charge in [0, 0.05) is 45.3 Å². The molecule has 0 bridgehead atoms. The average molecular weight is 419 g/mol. The lowest BCUT2D eigenvalue weighted by Gasteiger charge is -2.39. The van der Waals surface area contributed by atoms with Gasteiger partial charge in [0.2, 0.25) is 0 Å². The molecule has 2 unspecified atom stereocenters. The Morgan fingerprint density at radius 3 is 2.40 bits per heavy atom. The summed E-state index contributed by atoms with van der Waals surface area (Å²) in [5, 5.41) is 7.04.